The molecule has 0 saturated carbocycles. The Morgan fingerprint density at radius 2 is 1.93 bits per heavy atom. The Balaban J connectivity index is 1.92. The number of aromatic amines is 2. The summed E-state index contributed by atoms with van der Waals surface area (Å²) in [6.45, 7) is 8.20. The third-order valence-electron chi connectivity index (χ3n) is 4.45. The molecule has 1 aromatic carbocycles. The SMILES string of the molecule is Cc1cc(C)c(/C=c2\[nH]c(=C3C=c4ccc(Cl)cc4=N3)cc2OC(C)C)[nH]1. The van der Waals surface area contributed by atoms with Crippen LogP contribution in [0, 0.1) is 13.8 Å². The molecule has 5 heteroatoms. The first-order valence-electron chi connectivity index (χ1n) is 9.03. The van der Waals surface area contributed by atoms with E-state index in [9.17, 15) is 0 Å². The molecule has 2 N–H and O–H groups in total. The van der Waals surface area contributed by atoms with Crippen LogP contribution in [0.15, 0.2) is 35.3 Å². The number of halogens is 1. The predicted octanol–water partition coefficient (Wildman–Crippen LogP) is 2.45. The van der Waals surface area contributed by atoms with E-state index in [4.69, 9.17) is 21.3 Å². The lowest BCUT2D eigenvalue weighted by molar-refractivity contribution is 0.240. The lowest BCUT2D eigenvalue weighted by atomic mass is 10.2. The molecule has 1 aliphatic heterocycles. The van der Waals surface area contributed by atoms with Crippen LogP contribution in [-0.2, 0) is 0 Å². The molecule has 0 saturated heterocycles. The van der Waals surface area contributed by atoms with Crippen LogP contribution in [0.4, 0.5) is 0 Å². The molecule has 0 spiro atoms. The third-order valence-corrected chi connectivity index (χ3v) is 4.69. The van der Waals surface area contributed by atoms with Crippen LogP contribution >= 0.6 is 11.6 Å². The summed E-state index contributed by atoms with van der Waals surface area (Å²) in [6, 6.07) is 9.90. The molecule has 138 valence electrons. The highest BCUT2D eigenvalue weighted by Gasteiger charge is 2.09. The molecule has 0 fully saturated rings. The number of H-pyrrole nitrogens is 2. The van der Waals surface area contributed by atoms with E-state index in [1.807, 2.05) is 38.1 Å². The third kappa shape index (κ3) is 3.58. The molecule has 3 heterocycles. The summed E-state index contributed by atoms with van der Waals surface area (Å²) in [4.78, 5) is 11.6. The molecule has 4 nitrogen and oxygen atoms in total. The second kappa shape index (κ2) is 6.78. The fourth-order valence-corrected chi connectivity index (χ4v) is 3.44. The number of fused-ring (bicyclic) bond motifs is 1. The summed E-state index contributed by atoms with van der Waals surface area (Å²) in [5.74, 6) is 0.816. The first-order chi connectivity index (χ1) is 12.9. The standard InChI is InChI=1S/C22H22ClN3O/c1-12(2)27-22-11-20(19-8-15-5-6-16(23)9-18(15)25-19)26-21(22)10-17-13(3)7-14(4)24-17/h5-12,24,26H,1-4H3/b20-19?,21-10-. The molecule has 0 atom stereocenters. The fourth-order valence-electron chi connectivity index (χ4n) is 3.28. The van der Waals surface area contributed by atoms with Gasteiger partial charge >= 0.3 is 0 Å². The number of hydrogen-bond acceptors (Lipinski definition) is 2. The average molecular weight is 380 g/mol. The average Bonchev–Trinajstić information content (AvgIpc) is 3.25. The number of aryl methyl sites for hydroxylation is 2. The van der Waals surface area contributed by atoms with Crippen molar-refractivity contribution in [2.45, 2.75) is 33.8 Å². The van der Waals surface area contributed by atoms with Crippen molar-refractivity contribution in [3.05, 3.63) is 73.6 Å². The summed E-state index contributed by atoms with van der Waals surface area (Å²) in [5.41, 5.74) is 4.28. The quantitative estimate of drug-likeness (QED) is 0.721. The van der Waals surface area contributed by atoms with Crippen molar-refractivity contribution < 1.29 is 4.74 Å². The van der Waals surface area contributed by atoms with Gasteiger partial charge in [-0.1, -0.05) is 17.7 Å². The smallest absolute Gasteiger partial charge is 0.145 e. The molecular weight excluding hydrogens is 358 g/mol. The van der Waals surface area contributed by atoms with Crippen LogP contribution in [0.3, 0.4) is 0 Å². The Kier molecular flexibility index (Phi) is 4.44. The fraction of sp³-hybridized carbons (Fsp3) is 0.227. The van der Waals surface area contributed by atoms with Gasteiger partial charge in [-0.2, -0.15) is 0 Å². The molecule has 2 aromatic heterocycles. The van der Waals surface area contributed by atoms with Gasteiger partial charge < -0.3 is 14.7 Å². The second-order valence-electron chi connectivity index (χ2n) is 7.17. The molecule has 0 unspecified atom stereocenters. The summed E-state index contributed by atoms with van der Waals surface area (Å²) >= 11 is 6.09. The van der Waals surface area contributed by atoms with Gasteiger partial charge in [0, 0.05) is 27.7 Å². The van der Waals surface area contributed by atoms with Crippen molar-refractivity contribution in [1.82, 2.24) is 9.97 Å². The van der Waals surface area contributed by atoms with E-state index >= 15 is 0 Å². The van der Waals surface area contributed by atoms with E-state index in [2.05, 4.69) is 42.0 Å². The van der Waals surface area contributed by atoms with Crippen molar-refractivity contribution in [2.24, 2.45) is 4.99 Å². The minimum atomic E-state index is 0.0813. The van der Waals surface area contributed by atoms with Gasteiger partial charge in [0.25, 0.3) is 0 Å². The molecular formula is C22H22ClN3O. The number of ether oxygens (including phenoxy) is 1. The van der Waals surface area contributed by atoms with Gasteiger partial charge in [-0.05, 0) is 63.6 Å². The zero-order chi connectivity index (χ0) is 19.1. The first kappa shape index (κ1) is 17.7. The number of nitrogens with zero attached hydrogens (tertiary/aromatic N) is 1. The Hall–Kier alpha value is -2.72. The largest absolute Gasteiger partial charge is 0.489 e. The molecule has 3 aromatic rings. The van der Waals surface area contributed by atoms with Crippen molar-refractivity contribution in [3.8, 4) is 5.75 Å². The lowest BCUT2D eigenvalue weighted by Gasteiger charge is -2.06. The number of benzene rings is 1. The summed E-state index contributed by atoms with van der Waals surface area (Å²) < 4.78 is 6.03. The maximum atomic E-state index is 6.09. The molecule has 27 heavy (non-hydrogen) atoms. The number of nitrogens with one attached hydrogen (secondary N) is 2. The summed E-state index contributed by atoms with van der Waals surface area (Å²) in [7, 11) is 0. The number of rotatable bonds is 3. The zero-order valence-corrected chi connectivity index (χ0v) is 16.6. The summed E-state index contributed by atoms with van der Waals surface area (Å²) in [5, 5.41) is 4.49. The predicted molar refractivity (Wildman–Crippen MR) is 110 cm³/mol. The van der Waals surface area contributed by atoms with Gasteiger partial charge in [0.05, 0.1) is 27.9 Å². The number of aromatic nitrogens is 2. The maximum Gasteiger partial charge on any atom is 0.145 e. The minimum absolute atomic E-state index is 0.0813. The van der Waals surface area contributed by atoms with E-state index in [0.717, 1.165) is 44.1 Å². The van der Waals surface area contributed by atoms with Gasteiger partial charge in [-0.25, -0.2) is 4.99 Å². The molecule has 0 aliphatic carbocycles. The van der Waals surface area contributed by atoms with Gasteiger partial charge in [-0.3, -0.25) is 0 Å². The first-order valence-corrected chi connectivity index (χ1v) is 9.41. The molecule has 0 radical (unpaired) electrons. The Morgan fingerprint density at radius 3 is 2.63 bits per heavy atom. The Labute approximate surface area is 162 Å². The van der Waals surface area contributed by atoms with Crippen molar-refractivity contribution >= 4 is 29.5 Å². The van der Waals surface area contributed by atoms with Crippen LogP contribution in [0.2, 0.25) is 5.02 Å². The molecule has 4 rings (SSSR count). The van der Waals surface area contributed by atoms with E-state index in [1.54, 1.807) is 0 Å². The molecule has 0 amide bonds. The van der Waals surface area contributed by atoms with Crippen LogP contribution in [-0.4, -0.2) is 16.1 Å². The summed E-state index contributed by atoms with van der Waals surface area (Å²) in [6.07, 6.45) is 4.23. The van der Waals surface area contributed by atoms with Crippen LogP contribution in [0.5, 0.6) is 5.75 Å². The number of hydrogen-bond donors (Lipinski definition) is 2. The van der Waals surface area contributed by atoms with Crippen molar-refractivity contribution in [2.75, 3.05) is 0 Å². The highest BCUT2D eigenvalue weighted by Crippen LogP contribution is 2.11. The van der Waals surface area contributed by atoms with Crippen molar-refractivity contribution in [3.63, 3.8) is 0 Å². The van der Waals surface area contributed by atoms with E-state index in [0.29, 0.717) is 5.02 Å². The van der Waals surface area contributed by atoms with Crippen LogP contribution in [0.25, 0.3) is 17.8 Å². The van der Waals surface area contributed by atoms with Gasteiger partial charge in [0.15, 0.2) is 0 Å². The van der Waals surface area contributed by atoms with Crippen LogP contribution in [0.1, 0.15) is 30.8 Å². The van der Waals surface area contributed by atoms with Crippen LogP contribution < -0.4 is 26.0 Å². The normalized spacial score (nSPS) is 15.7. The maximum absolute atomic E-state index is 6.09. The van der Waals surface area contributed by atoms with Gasteiger partial charge in [0.1, 0.15) is 5.75 Å². The second-order valence-corrected chi connectivity index (χ2v) is 7.60. The lowest BCUT2D eigenvalue weighted by Crippen LogP contribution is -2.20. The molecule has 1 aliphatic rings. The van der Waals surface area contributed by atoms with Gasteiger partial charge in [-0.15, -0.1) is 0 Å². The highest BCUT2D eigenvalue weighted by molar-refractivity contribution is 6.30. The van der Waals surface area contributed by atoms with Gasteiger partial charge in [0.2, 0.25) is 0 Å². The Morgan fingerprint density at radius 1 is 1.11 bits per heavy atom. The topological polar surface area (TPSA) is 53.2 Å². The monoisotopic (exact) mass is 379 g/mol. The van der Waals surface area contributed by atoms with E-state index in [-0.39, 0.29) is 6.10 Å². The van der Waals surface area contributed by atoms with E-state index in [1.165, 1.54) is 5.56 Å². The molecule has 0 bridgehead atoms. The van der Waals surface area contributed by atoms with E-state index < -0.39 is 0 Å². The Bertz CT molecular complexity index is 1260. The minimum Gasteiger partial charge on any atom is -0.489 e. The highest BCUT2D eigenvalue weighted by atomic mass is 35.5. The van der Waals surface area contributed by atoms with Crippen molar-refractivity contribution in [1.29, 1.82) is 0 Å². The zero-order valence-electron chi connectivity index (χ0n) is 15.9.